The SMILES string of the molecule is COCC(CO)N1C(=O)c2cccc3cccc(c23)C1=O. The van der Waals surface area contributed by atoms with Crippen LogP contribution < -0.4 is 0 Å². The molecule has 21 heavy (non-hydrogen) atoms. The molecular weight excluding hydrogens is 270 g/mol. The van der Waals surface area contributed by atoms with Gasteiger partial charge in [0.25, 0.3) is 11.8 Å². The van der Waals surface area contributed by atoms with E-state index in [9.17, 15) is 14.7 Å². The summed E-state index contributed by atoms with van der Waals surface area (Å²) in [5.74, 6) is -0.777. The predicted molar refractivity (Wildman–Crippen MR) is 77.2 cm³/mol. The standard InChI is InChI=1S/C16H15NO4/c1-21-9-11(8-18)17-15(19)12-6-2-4-10-5-3-7-13(14(10)12)16(17)20/h2-7,11,18H,8-9H2,1H3. The average molecular weight is 285 g/mol. The third-order valence-corrected chi connectivity index (χ3v) is 3.74. The molecule has 1 unspecified atom stereocenters. The highest BCUT2D eigenvalue weighted by Gasteiger charge is 2.36. The van der Waals surface area contributed by atoms with Crippen LogP contribution in [0.1, 0.15) is 20.7 Å². The summed E-state index contributed by atoms with van der Waals surface area (Å²) in [5.41, 5.74) is 0.967. The van der Waals surface area contributed by atoms with Crippen molar-refractivity contribution in [1.29, 1.82) is 0 Å². The summed E-state index contributed by atoms with van der Waals surface area (Å²) in [6.07, 6.45) is 0. The average Bonchev–Trinajstić information content (AvgIpc) is 2.51. The molecule has 0 radical (unpaired) electrons. The lowest BCUT2D eigenvalue weighted by Crippen LogP contribution is -2.50. The van der Waals surface area contributed by atoms with Crippen molar-refractivity contribution in [3.05, 3.63) is 47.5 Å². The molecule has 108 valence electrons. The van der Waals surface area contributed by atoms with E-state index in [1.54, 1.807) is 24.3 Å². The van der Waals surface area contributed by atoms with Gasteiger partial charge in [0, 0.05) is 23.6 Å². The first-order valence-corrected chi connectivity index (χ1v) is 6.68. The second-order valence-corrected chi connectivity index (χ2v) is 4.98. The number of benzene rings is 2. The maximum absolute atomic E-state index is 12.6. The van der Waals surface area contributed by atoms with E-state index in [2.05, 4.69) is 0 Å². The summed E-state index contributed by atoms with van der Waals surface area (Å²) in [4.78, 5) is 26.4. The number of carbonyl (C=O) groups excluding carboxylic acids is 2. The highest BCUT2D eigenvalue weighted by Crippen LogP contribution is 2.30. The molecule has 1 aliphatic rings. The van der Waals surface area contributed by atoms with E-state index in [1.165, 1.54) is 7.11 Å². The first kappa shape index (κ1) is 13.7. The minimum atomic E-state index is -0.682. The Labute approximate surface area is 121 Å². The maximum Gasteiger partial charge on any atom is 0.261 e. The van der Waals surface area contributed by atoms with Crippen molar-refractivity contribution < 1.29 is 19.4 Å². The molecule has 2 aromatic rings. The van der Waals surface area contributed by atoms with Gasteiger partial charge in [-0.15, -0.1) is 0 Å². The van der Waals surface area contributed by atoms with Crippen molar-refractivity contribution >= 4 is 22.6 Å². The fraction of sp³-hybridized carbons (Fsp3) is 0.250. The van der Waals surface area contributed by atoms with Crippen LogP contribution in [0.2, 0.25) is 0 Å². The Balaban J connectivity index is 2.19. The van der Waals surface area contributed by atoms with E-state index in [-0.39, 0.29) is 25.0 Å². The fourth-order valence-electron chi connectivity index (χ4n) is 2.78. The predicted octanol–water partition coefficient (Wildman–Crippen LogP) is 1.44. The summed E-state index contributed by atoms with van der Waals surface area (Å²) < 4.78 is 5.00. The van der Waals surface area contributed by atoms with Crippen molar-refractivity contribution in [3.63, 3.8) is 0 Å². The van der Waals surface area contributed by atoms with Crippen LogP contribution in [-0.2, 0) is 4.74 Å². The number of carbonyl (C=O) groups is 2. The molecule has 0 aromatic heterocycles. The highest BCUT2D eigenvalue weighted by molar-refractivity contribution is 6.25. The number of hydrogen-bond acceptors (Lipinski definition) is 4. The van der Waals surface area contributed by atoms with Crippen LogP contribution in [0.3, 0.4) is 0 Å². The van der Waals surface area contributed by atoms with Crippen LogP contribution in [0.4, 0.5) is 0 Å². The summed E-state index contributed by atoms with van der Waals surface area (Å²) >= 11 is 0. The Kier molecular flexibility index (Phi) is 3.45. The number of ether oxygens (including phenoxy) is 1. The summed E-state index contributed by atoms with van der Waals surface area (Å²) in [7, 11) is 1.47. The molecule has 1 N–H and O–H groups in total. The first-order valence-electron chi connectivity index (χ1n) is 6.68. The van der Waals surface area contributed by atoms with Gasteiger partial charge in [0.05, 0.1) is 19.3 Å². The molecule has 0 saturated heterocycles. The second kappa shape index (κ2) is 5.27. The second-order valence-electron chi connectivity index (χ2n) is 4.98. The zero-order valence-corrected chi connectivity index (χ0v) is 11.6. The molecule has 0 saturated carbocycles. The third-order valence-electron chi connectivity index (χ3n) is 3.74. The third kappa shape index (κ3) is 2.02. The summed E-state index contributed by atoms with van der Waals surface area (Å²) in [6, 6.07) is 10.0. The van der Waals surface area contributed by atoms with Gasteiger partial charge in [-0.3, -0.25) is 14.5 Å². The molecule has 3 rings (SSSR count). The summed E-state index contributed by atoms with van der Waals surface area (Å²) in [5, 5.41) is 11.0. The maximum atomic E-state index is 12.6. The van der Waals surface area contributed by atoms with Gasteiger partial charge >= 0.3 is 0 Å². The lowest BCUT2D eigenvalue weighted by Gasteiger charge is -2.32. The molecule has 1 heterocycles. The number of nitrogens with zero attached hydrogens (tertiary/aromatic N) is 1. The molecule has 5 nitrogen and oxygen atoms in total. The zero-order chi connectivity index (χ0) is 15.0. The smallest absolute Gasteiger partial charge is 0.261 e. The largest absolute Gasteiger partial charge is 0.394 e. The monoisotopic (exact) mass is 285 g/mol. The molecule has 0 bridgehead atoms. The van der Waals surface area contributed by atoms with Gasteiger partial charge < -0.3 is 9.84 Å². The van der Waals surface area contributed by atoms with Crippen LogP contribution in [0.5, 0.6) is 0 Å². The van der Waals surface area contributed by atoms with Gasteiger partial charge in [0.2, 0.25) is 0 Å². The van der Waals surface area contributed by atoms with Gasteiger partial charge in [-0.05, 0) is 17.5 Å². The lowest BCUT2D eigenvalue weighted by molar-refractivity contribution is 0.0316. The Bertz CT molecular complexity index is 675. The molecule has 1 atom stereocenters. The number of aliphatic hydroxyl groups excluding tert-OH is 1. The van der Waals surface area contributed by atoms with Gasteiger partial charge in [0.15, 0.2) is 0 Å². The van der Waals surface area contributed by atoms with E-state index >= 15 is 0 Å². The minimum absolute atomic E-state index is 0.103. The van der Waals surface area contributed by atoms with Crippen LogP contribution >= 0.6 is 0 Å². The van der Waals surface area contributed by atoms with Crippen molar-refractivity contribution in [2.75, 3.05) is 20.3 Å². The van der Waals surface area contributed by atoms with Crippen molar-refractivity contribution in [1.82, 2.24) is 4.90 Å². The van der Waals surface area contributed by atoms with Crippen molar-refractivity contribution in [2.24, 2.45) is 0 Å². The molecule has 5 heteroatoms. The van der Waals surface area contributed by atoms with E-state index in [4.69, 9.17) is 4.74 Å². The van der Waals surface area contributed by atoms with Gasteiger partial charge in [-0.2, -0.15) is 0 Å². The van der Waals surface area contributed by atoms with E-state index in [0.29, 0.717) is 16.5 Å². The van der Waals surface area contributed by atoms with Gasteiger partial charge in [0.1, 0.15) is 0 Å². The molecule has 1 aliphatic heterocycles. The van der Waals surface area contributed by atoms with Crippen molar-refractivity contribution in [2.45, 2.75) is 6.04 Å². The van der Waals surface area contributed by atoms with Gasteiger partial charge in [-0.1, -0.05) is 24.3 Å². The van der Waals surface area contributed by atoms with Crippen LogP contribution in [0.25, 0.3) is 10.8 Å². The number of imide groups is 1. The fourth-order valence-corrected chi connectivity index (χ4v) is 2.78. The number of amides is 2. The summed E-state index contributed by atoms with van der Waals surface area (Å²) in [6.45, 7) is -0.227. The lowest BCUT2D eigenvalue weighted by atomic mass is 9.93. The number of aliphatic hydroxyl groups is 1. The number of rotatable bonds is 4. The number of methoxy groups -OCH3 is 1. The Hall–Kier alpha value is -2.24. The Morgan fingerprint density at radius 2 is 1.67 bits per heavy atom. The van der Waals surface area contributed by atoms with Crippen molar-refractivity contribution in [3.8, 4) is 0 Å². The normalized spacial score (nSPS) is 15.6. The van der Waals surface area contributed by atoms with Gasteiger partial charge in [-0.25, -0.2) is 0 Å². The highest BCUT2D eigenvalue weighted by atomic mass is 16.5. The molecule has 0 spiro atoms. The molecular formula is C16H15NO4. The first-order chi connectivity index (χ1) is 10.2. The molecule has 0 fully saturated rings. The van der Waals surface area contributed by atoms with E-state index in [0.717, 1.165) is 10.3 Å². The quantitative estimate of drug-likeness (QED) is 0.863. The topological polar surface area (TPSA) is 66.8 Å². The van der Waals surface area contributed by atoms with Crippen LogP contribution in [-0.4, -0.2) is 48.2 Å². The number of hydrogen-bond donors (Lipinski definition) is 1. The van der Waals surface area contributed by atoms with Crippen LogP contribution in [0, 0.1) is 0 Å². The molecule has 0 aliphatic carbocycles. The minimum Gasteiger partial charge on any atom is -0.394 e. The van der Waals surface area contributed by atoms with E-state index < -0.39 is 6.04 Å². The Morgan fingerprint density at radius 3 is 2.14 bits per heavy atom. The molecule has 2 aromatic carbocycles. The Morgan fingerprint density at radius 1 is 1.10 bits per heavy atom. The van der Waals surface area contributed by atoms with Crippen LogP contribution in [0.15, 0.2) is 36.4 Å². The molecule has 2 amide bonds. The van der Waals surface area contributed by atoms with E-state index in [1.807, 2.05) is 12.1 Å². The zero-order valence-electron chi connectivity index (χ0n) is 11.6.